The third kappa shape index (κ3) is 6.26. The van der Waals surface area contributed by atoms with Gasteiger partial charge in [-0.2, -0.15) is 9.57 Å². The van der Waals surface area contributed by atoms with E-state index >= 15 is 0 Å². The molecule has 1 atom stereocenters. The standard InChI is InChI=1S/C26H29N7O2S.ClH/c27-17-19-3-7-22(8-4-19)30-26-31-24(16-25(32-26)21-2-1-11-29-18-21)20-5-9-23(10-6-20)36(34,35)33-14-12-28-13-15-33;/h3-10,16,21,28-29H,1-2,11-15,18H2,(H,30,31,32);1H. The van der Waals surface area contributed by atoms with E-state index in [4.69, 9.17) is 15.2 Å². The number of benzene rings is 2. The van der Waals surface area contributed by atoms with Crippen LogP contribution in [0.15, 0.2) is 59.5 Å². The minimum atomic E-state index is -3.52. The van der Waals surface area contributed by atoms with E-state index in [1.165, 1.54) is 4.31 Å². The Morgan fingerprint density at radius 3 is 2.35 bits per heavy atom. The Hall–Kier alpha value is -3.07. The summed E-state index contributed by atoms with van der Waals surface area (Å²) in [7, 11) is -3.52. The van der Waals surface area contributed by atoms with Crippen LogP contribution in [0.2, 0.25) is 0 Å². The third-order valence-corrected chi connectivity index (χ3v) is 8.51. The van der Waals surface area contributed by atoms with E-state index in [-0.39, 0.29) is 23.2 Å². The highest BCUT2D eigenvalue weighted by molar-refractivity contribution is 7.89. The van der Waals surface area contributed by atoms with Gasteiger partial charge in [0.2, 0.25) is 16.0 Å². The van der Waals surface area contributed by atoms with Gasteiger partial charge in [-0.3, -0.25) is 0 Å². The predicted octanol–water partition coefficient (Wildman–Crippen LogP) is 3.24. The van der Waals surface area contributed by atoms with Crippen molar-refractivity contribution in [2.45, 2.75) is 23.7 Å². The van der Waals surface area contributed by atoms with E-state index in [0.717, 1.165) is 48.6 Å². The molecule has 1 aromatic heterocycles. The van der Waals surface area contributed by atoms with Crippen LogP contribution in [0.5, 0.6) is 0 Å². The highest BCUT2D eigenvalue weighted by Crippen LogP contribution is 2.29. The Morgan fingerprint density at radius 2 is 1.70 bits per heavy atom. The number of hydrogen-bond donors (Lipinski definition) is 3. The fourth-order valence-corrected chi connectivity index (χ4v) is 6.01. The second kappa shape index (κ2) is 12.0. The summed E-state index contributed by atoms with van der Waals surface area (Å²) in [5.41, 5.74) is 3.87. The predicted molar refractivity (Wildman–Crippen MR) is 146 cm³/mol. The molecule has 0 radical (unpaired) electrons. The molecule has 0 aliphatic carbocycles. The summed E-state index contributed by atoms with van der Waals surface area (Å²) in [6, 6.07) is 18.2. The Labute approximate surface area is 223 Å². The number of anilines is 2. The van der Waals surface area contributed by atoms with Crippen LogP contribution in [0.3, 0.4) is 0 Å². The fourth-order valence-electron chi connectivity index (χ4n) is 4.57. The molecule has 37 heavy (non-hydrogen) atoms. The molecule has 0 amide bonds. The number of rotatable bonds is 6. The number of nitrogens with zero attached hydrogens (tertiary/aromatic N) is 4. The van der Waals surface area contributed by atoms with Crippen molar-refractivity contribution < 1.29 is 8.42 Å². The molecule has 0 bridgehead atoms. The summed E-state index contributed by atoms with van der Waals surface area (Å²) in [5, 5.41) is 19.0. The highest BCUT2D eigenvalue weighted by Gasteiger charge is 2.26. The van der Waals surface area contributed by atoms with Crippen LogP contribution in [0.1, 0.15) is 30.0 Å². The lowest BCUT2D eigenvalue weighted by Gasteiger charge is -2.26. The summed E-state index contributed by atoms with van der Waals surface area (Å²) in [6.07, 6.45) is 2.13. The molecule has 0 spiro atoms. The molecule has 2 fully saturated rings. The molecular weight excluding hydrogens is 510 g/mol. The number of piperazine rings is 1. The second-order valence-electron chi connectivity index (χ2n) is 9.04. The van der Waals surface area contributed by atoms with Crippen molar-refractivity contribution in [1.82, 2.24) is 24.9 Å². The molecule has 3 N–H and O–H groups in total. The van der Waals surface area contributed by atoms with Crippen molar-refractivity contribution in [2.24, 2.45) is 0 Å². The maximum absolute atomic E-state index is 13.0. The van der Waals surface area contributed by atoms with Crippen LogP contribution in [0.25, 0.3) is 11.3 Å². The second-order valence-corrected chi connectivity index (χ2v) is 11.0. The Kier molecular flexibility index (Phi) is 8.74. The van der Waals surface area contributed by atoms with E-state index < -0.39 is 10.0 Å². The van der Waals surface area contributed by atoms with Crippen LogP contribution in [-0.2, 0) is 10.0 Å². The minimum absolute atomic E-state index is 0. The van der Waals surface area contributed by atoms with Crippen LogP contribution < -0.4 is 16.0 Å². The summed E-state index contributed by atoms with van der Waals surface area (Å²) >= 11 is 0. The first-order valence-corrected chi connectivity index (χ1v) is 13.7. The molecular formula is C26H30ClN7O2S. The van der Waals surface area contributed by atoms with E-state index in [9.17, 15) is 8.42 Å². The fraction of sp³-hybridized carbons (Fsp3) is 0.346. The first-order chi connectivity index (χ1) is 17.5. The summed E-state index contributed by atoms with van der Waals surface area (Å²) < 4.78 is 27.6. The summed E-state index contributed by atoms with van der Waals surface area (Å²) in [5.74, 6) is 0.740. The number of nitrogens with one attached hydrogen (secondary N) is 3. The van der Waals surface area contributed by atoms with Crippen molar-refractivity contribution in [3.05, 3.63) is 65.9 Å². The molecule has 5 rings (SSSR count). The van der Waals surface area contributed by atoms with Gasteiger partial charge in [0.1, 0.15) is 0 Å². The molecule has 3 heterocycles. The largest absolute Gasteiger partial charge is 0.324 e. The van der Waals surface area contributed by atoms with Gasteiger partial charge in [0.25, 0.3) is 0 Å². The number of aromatic nitrogens is 2. The molecule has 11 heteroatoms. The SMILES string of the molecule is Cl.N#Cc1ccc(Nc2nc(-c3ccc(S(=O)(=O)N4CCNCC4)cc3)cc(C3CCCNC3)n2)cc1. The quantitative estimate of drug-likeness (QED) is 0.436. The normalized spacial score (nSPS) is 18.4. The van der Waals surface area contributed by atoms with Gasteiger partial charge in [0.05, 0.1) is 27.9 Å². The maximum Gasteiger partial charge on any atom is 0.243 e. The van der Waals surface area contributed by atoms with Gasteiger partial charge in [-0.15, -0.1) is 12.4 Å². The zero-order chi connectivity index (χ0) is 25.0. The number of halogens is 1. The number of piperidine rings is 1. The number of nitriles is 1. The van der Waals surface area contributed by atoms with Crippen molar-refractivity contribution in [1.29, 1.82) is 5.26 Å². The molecule has 0 saturated carbocycles. The van der Waals surface area contributed by atoms with Gasteiger partial charge in [0.15, 0.2) is 0 Å². The monoisotopic (exact) mass is 539 g/mol. The average molecular weight is 540 g/mol. The molecule has 2 aliphatic heterocycles. The van der Waals surface area contributed by atoms with E-state index in [1.807, 2.05) is 30.3 Å². The van der Waals surface area contributed by atoms with Crippen molar-refractivity contribution in [2.75, 3.05) is 44.6 Å². The van der Waals surface area contributed by atoms with Crippen molar-refractivity contribution >= 4 is 34.1 Å². The number of hydrogen-bond acceptors (Lipinski definition) is 8. The summed E-state index contributed by atoms with van der Waals surface area (Å²) in [4.78, 5) is 9.83. The van der Waals surface area contributed by atoms with Gasteiger partial charge in [0, 0.05) is 49.9 Å². The lowest BCUT2D eigenvalue weighted by molar-refractivity contribution is 0.360. The van der Waals surface area contributed by atoms with Crippen LogP contribution in [0, 0.1) is 11.3 Å². The molecule has 1 unspecified atom stereocenters. The Bertz CT molecular complexity index is 1350. The first kappa shape index (κ1) is 27.0. The molecule has 2 saturated heterocycles. The molecule has 194 valence electrons. The van der Waals surface area contributed by atoms with E-state index in [0.29, 0.717) is 37.7 Å². The minimum Gasteiger partial charge on any atom is -0.324 e. The van der Waals surface area contributed by atoms with E-state index in [2.05, 4.69) is 22.0 Å². The first-order valence-electron chi connectivity index (χ1n) is 12.2. The van der Waals surface area contributed by atoms with Gasteiger partial charge >= 0.3 is 0 Å². The van der Waals surface area contributed by atoms with Gasteiger partial charge in [-0.05, 0) is 61.9 Å². The molecule has 3 aromatic rings. The smallest absolute Gasteiger partial charge is 0.243 e. The number of sulfonamides is 1. The lowest BCUT2D eigenvalue weighted by Crippen LogP contribution is -2.46. The third-order valence-electron chi connectivity index (χ3n) is 6.60. The zero-order valence-electron chi connectivity index (χ0n) is 20.4. The van der Waals surface area contributed by atoms with Gasteiger partial charge in [-0.25, -0.2) is 18.4 Å². The summed E-state index contributed by atoms with van der Waals surface area (Å²) in [6.45, 7) is 4.12. The van der Waals surface area contributed by atoms with Crippen molar-refractivity contribution in [3.63, 3.8) is 0 Å². The van der Waals surface area contributed by atoms with Crippen LogP contribution >= 0.6 is 12.4 Å². The Morgan fingerprint density at radius 1 is 0.973 bits per heavy atom. The van der Waals surface area contributed by atoms with Crippen LogP contribution in [0.4, 0.5) is 11.6 Å². The van der Waals surface area contributed by atoms with E-state index in [1.54, 1.807) is 24.3 Å². The molecule has 2 aliphatic rings. The Balaban J connectivity index is 0.00000320. The topological polar surface area (TPSA) is 123 Å². The molecule has 2 aromatic carbocycles. The van der Waals surface area contributed by atoms with Crippen LogP contribution in [-0.4, -0.2) is 62.0 Å². The molecule has 9 nitrogen and oxygen atoms in total. The highest BCUT2D eigenvalue weighted by atomic mass is 35.5. The zero-order valence-corrected chi connectivity index (χ0v) is 22.0. The van der Waals surface area contributed by atoms with Crippen molar-refractivity contribution in [3.8, 4) is 17.3 Å². The average Bonchev–Trinajstić information content (AvgIpc) is 2.94. The van der Waals surface area contributed by atoms with Gasteiger partial charge in [-0.1, -0.05) is 12.1 Å². The maximum atomic E-state index is 13.0. The van der Waals surface area contributed by atoms with Gasteiger partial charge < -0.3 is 16.0 Å². The lowest BCUT2D eigenvalue weighted by atomic mass is 9.95.